The average molecular weight is 256 g/mol. The molecule has 1 saturated heterocycles. The van der Waals surface area contributed by atoms with Crippen LogP contribution in [0.15, 0.2) is 30.5 Å². The molecule has 0 bridgehead atoms. The molecule has 0 amide bonds. The summed E-state index contributed by atoms with van der Waals surface area (Å²) in [4.78, 5) is 13.3. The zero-order chi connectivity index (χ0) is 13.1. The van der Waals surface area contributed by atoms with Crippen molar-refractivity contribution < 1.29 is 4.79 Å². The third-order valence-corrected chi connectivity index (χ3v) is 4.00. The first-order valence-electron chi connectivity index (χ1n) is 7.13. The van der Waals surface area contributed by atoms with Crippen LogP contribution in [-0.4, -0.2) is 35.4 Å². The largest absolute Gasteiger partial charge is 0.347 e. The van der Waals surface area contributed by atoms with Gasteiger partial charge in [-0.1, -0.05) is 0 Å². The number of likely N-dealkylation sites (tertiary alicyclic amines) is 1. The number of rotatable bonds is 5. The quantitative estimate of drug-likeness (QED) is 0.768. The lowest BCUT2D eigenvalue weighted by atomic mass is 10.2. The van der Waals surface area contributed by atoms with Gasteiger partial charge in [0, 0.05) is 29.2 Å². The van der Waals surface area contributed by atoms with Gasteiger partial charge in [0.15, 0.2) is 0 Å². The van der Waals surface area contributed by atoms with E-state index in [2.05, 4.69) is 27.8 Å². The second-order valence-corrected chi connectivity index (χ2v) is 5.35. The van der Waals surface area contributed by atoms with Crippen LogP contribution in [0.5, 0.6) is 0 Å². The Bertz CT molecular complexity index is 567. The molecule has 1 fully saturated rings. The van der Waals surface area contributed by atoms with Crippen molar-refractivity contribution in [2.45, 2.75) is 25.8 Å². The van der Waals surface area contributed by atoms with E-state index in [9.17, 15) is 4.79 Å². The Morgan fingerprint density at radius 1 is 1.11 bits per heavy atom. The minimum Gasteiger partial charge on any atom is -0.347 e. The van der Waals surface area contributed by atoms with E-state index in [1.807, 2.05) is 12.1 Å². The third kappa shape index (κ3) is 2.71. The maximum absolute atomic E-state index is 10.8. The van der Waals surface area contributed by atoms with Crippen molar-refractivity contribution >= 4 is 17.2 Å². The molecule has 19 heavy (non-hydrogen) atoms. The highest BCUT2D eigenvalue weighted by atomic mass is 16.1. The Kier molecular flexibility index (Phi) is 3.65. The third-order valence-electron chi connectivity index (χ3n) is 4.00. The molecular weight excluding hydrogens is 236 g/mol. The number of benzene rings is 1. The van der Waals surface area contributed by atoms with Crippen molar-refractivity contribution in [3.8, 4) is 0 Å². The molecule has 1 aliphatic heterocycles. The standard InChI is InChI=1S/C16H20N2O/c19-13-14-4-5-16-15(12-14)6-11-18(16)10-3-9-17-7-1-2-8-17/h4-6,11-13H,1-3,7-10H2. The van der Waals surface area contributed by atoms with Gasteiger partial charge in [0.25, 0.3) is 0 Å². The average Bonchev–Trinajstić information content (AvgIpc) is 3.08. The monoisotopic (exact) mass is 256 g/mol. The van der Waals surface area contributed by atoms with Crippen molar-refractivity contribution in [1.82, 2.24) is 9.47 Å². The maximum atomic E-state index is 10.8. The summed E-state index contributed by atoms with van der Waals surface area (Å²) in [6.45, 7) is 4.80. The minimum atomic E-state index is 0.752. The van der Waals surface area contributed by atoms with E-state index in [4.69, 9.17) is 0 Å². The molecule has 1 aromatic carbocycles. The Hall–Kier alpha value is -1.61. The number of carbonyl (C=O) groups excluding carboxylic acids is 1. The number of aryl methyl sites for hydroxylation is 1. The van der Waals surface area contributed by atoms with Crippen molar-refractivity contribution in [3.63, 3.8) is 0 Å². The fraction of sp³-hybridized carbons (Fsp3) is 0.438. The molecule has 2 aromatic rings. The van der Waals surface area contributed by atoms with Gasteiger partial charge >= 0.3 is 0 Å². The Morgan fingerprint density at radius 3 is 2.74 bits per heavy atom. The van der Waals surface area contributed by atoms with Crippen LogP contribution >= 0.6 is 0 Å². The van der Waals surface area contributed by atoms with Crippen LogP contribution in [-0.2, 0) is 6.54 Å². The Labute approximate surface area is 113 Å². The number of hydrogen-bond acceptors (Lipinski definition) is 2. The molecule has 1 aromatic heterocycles. The molecule has 1 aliphatic rings. The van der Waals surface area contributed by atoms with Gasteiger partial charge in [-0.15, -0.1) is 0 Å². The van der Waals surface area contributed by atoms with Crippen LogP contribution < -0.4 is 0 Å². The van der Waals surface area contributed by atoms with Gasteiger partial charge in [-0.25, -0.2) is 0 Å². The molecule has 0 radical (unpaired) electrons. The fourth-order valence-corrected chi connectivity index (χ4v) is 2.96. The summed E-state index contributed by atoms with van der Waals surface area (Å²) in [5.74, 6) is 0. The van der Waals surface area contributed by atoms with Crippen molar-refractivity contribution in [3.05, 3.63) is 36.0 Å². The molecule has 2 heterocycles. The molecule has 100 valence electrons. The molecule has 0 aliphatic carbocycles. The maximum Gasteiger partial charge on any atom is 0.150 e. The summed E-state index contributed by atoms with van der Waals surface area (Å²) >= 11 is 0. The number of aldehydes is 1. The molecule has 3 rings (SSSR count). The summed E-state index contributed by atoms with van der Waals surface area (Å²) in [7, 11) is 0. The smallest absolute Gasteiger partial charge is 0.150 e. The molecule has 0 saturated carbocycles. The van der Waals surface area contributed by atoms with E-state index >= 15 is 0 Å². The summed E-state index contributed by atoms with van der Waals surface area (Å²) in [6, 6.07) is 8.00. The predicted molar refractivity (Wildman–Crippen MR) is 77.6 cm³/mol. The molecule has 3 nitrogen and oxygen atoms in total. The summed E-state index contributed by atoms with van der Waals surface area (Å²) in [5, 5.41) is 1.16. The lowest BCUT2D eigenvalue weighted by Crippen LogP contribution is -2.21. The molecular formula is C16H20N2O. The second-order valence-electron chi connectivity index (χ2n) is 5.35. The molecule has 0 unspecified atom stereocenters. The van der Waals surface area contributed by atoms with Crippen LogP contribution in [0.1, 0.15) is 29.6 Å². The first-order chi connectivity index (χ1) is 9.36. The van der Waals surface area contributed by atoms with Gasteiger partial charge in [0.1, 0.15) is 6.29 Å². The summed E-state index contributed by atoms with van der Waals surface area (Å²) in [6.07, 6.45) is 6.95. The Morgan fingerprint density at radius 2 is 1.95 bits per heavy atom. The first-order valence-corrected chi connectivity index (χ1v) is 7.13. The zero-order valence-corrected chi connectivity index (χ0v) is 11.2. The number of carbonyl (C=O) groups is 1. The lowest BCUT2D eigenvalue weighted by Gasteiger charge is -2.14. The number of nitrogens with zero attached hydrogens (tertiary/aromatic N) is 2. The highest BCUT2D eigenvalue weighted by Crippen LogP contribution is 2.18. The predicted octanol–water partition coefficient (Wildman–Crippen LogP) is 2.94. The van der Waals surface area contributed by atoms with E-state index in [0.29, 0.717) is 0 Å². The van der Waals surface area contributed by atoms with Gasteiger partial charge in [0.2, 0.25) is 0 Å². The van der Waals surface area contributed by atoms with Crippen molar-refractivity contribution in [2.75, 3.05) is 19.6 Å². The Balaban J connectivity index is 1.65. The van der Waals surface area contributed by atoms with E-state index in [0.717, 1.165) is 23.8 Å². The second kappa shape index (κ2) is 5.57. The van der Waals surface area contributed by atoms with Gasteiger partial charge < -0.3 is 9.47 Å². The minimum absolute atomic E-state index is 0.752. The van der Waals surface area contributed by atoms with Crippen molar-refractivity contribution in [2.24, 2.45) is 0 Å². The molecule has 0 N–H and O–H groups in total. The molecule has 0 spiro atoms. The van der Waals surface area contributed by atoms with Crippen LogP contribution in [0.25, 0.3) is 10.9 Å². The highest BCUT2D eigenvalue weighted by Gasteiger charge is 2.10. The van der Waals surface area contributed by atoms with Gasteiger partial charge in [-0.3, -0.25) is 4.79 Å². The van der Waals surface area contributed by atoms with E-state index in [1.54, 1.807) is 0 Å². The lowest BCUT2D eigenvalue weighted by molar-refractivity contribution is 0.112. The topological polar surface area (TPSA) is 25.2 Å². The van der Waals surface area contributed by atoms with Crippen LogP contribution in [0, 0.1) is 0 Å². The van der Waals surface area contributed by atoms with Gasteiger partial charge in [0.05, 0.1) is 0 Å². The van der Waals surface area contributed by atoms with Crippen LogP contribution in [0.4, 0.5) is 0 Å². The SMILES string of the molecule is O=Cc1ccc2c(ccn2CCCN2CCCC2)c1. The zero-order valence-electron chi connectivity index (χ0n) is 11.2. The van der Waals surface area contributed by atoms with E-state index in [-0.39, 0.29) is 0 Å². The first kappa shape index (κ1) is 12.4. The number of fused-ring (bicyclic) bond motifs is 1. The van der Waals surface area contributed by atoms with Gasteiger partial charge in [-0.05, 0) is 63.2 Å². The number of hydrogen-bond donors (Lipinski definition) is 0. The van der Waals surface area contributed by atoms with Gasteiger partial charge in [-0.2, -0.15) is 0 Å². The number of aromatic nitrogens is 1. The summed E-state index contributed by atoms with van der Waals surface area (Å²) < 4.78 is 2.29. The van der Waals surface area contributed by atoms with Crippen molar-refractivity contribution in [1.29, 1.82) is 0 Å². The summed E-state index contributed by atoms with van der Waals surface area (Å²) in [5.41, 5.74) is 1.98. The van der Waals surface area contributed by atoms with Crippen LogP contribution in [0.2, 0.25) is 0 Å². The normalized spacial score (nSPS) is 16.2. The van der Waals surface area contributed by atoms with E-state index < -0.39 is 0 Å². The van der Waals surface area contributed by atoms with Crippen LogP contribution in [0.3, 0.4) is 0 Å². The molecule has 3 heteroatoms. The fourth-order valence-electron chi connectivity index (χ4n) is 2.96. The molecule has 0 atom stereocenters. The van der Waals surface area contributed by atoms with E-state index in [1.165, 1.54) is 44.4 Å². The highest BCUT2D eigenvalue weighted by molar-refractivity contribution is 5.87.